The summed E-state index contributed by atoms with van der Waals surface area (Å²) < 4.78 is 5.08. The summed E-state index contributed by atoms with van der Waals surface area (Å²) in [6.07, 6.45) is 5.61. The second-order valence-electron chi connectivity index (χ2n) is 2.98. The first-order chi connectivity index (χ1) is 6.26. The van der Waals surface area contributed by atoms with E-state index in [9.17, 15) is 4.79 Å². The number of hydrogen-bond donors (Lipinski definition) is 0. The lowest BCUT2D eigenvalue weighted by Gasteiger charge is -2.05. The fourth-order valence-corrected chi connectivity index (χ4v) is 1.02. The van der Waals surface area contributed by atoms with Crippen LogP contribution in [-0.2, 0) is 9.53 Å². The van der Waals surface area contributed by atoms with E-state index in [0.29, 0.717) is 6.61 Å². The Hall–Kier alpha value is -0.790. The number of carbonyl (C=O) groups excluding carboxylic acids is 1. The highest BCUT2D eigenvalue weighted by Crippen LogP contribution is 2.05. The average Bonchev–Trinajstić information content (AvgIpc) is 2.14. The molecule has 0 aliphatic heterocycles. The largest absolute Gasteiger partial charge is 0.462 e. The van der Waals surface area contributed by atoms with Crippen molar-refractivity contribution in [1.29, 1.82) is 0 Å². The van der Waals surface area contributed by atoms with Crippen molar-refractivity contribution in [2.24, 2.45) is 0 Å². The van der Waals surface area contributed by atoms with Gasteiger partial charge in [-0.05, 0) is 19.3 Å². The van der Waals surface area contributed by atoms with E-state index >= 15 is 0 Å². The molecule has 0 aliphatic carbocycles. The van der Waals surface area contributed by atoms with Crippen LogP contribution in [0.1, 0.15) is 46.5 Å². The molecule has 0 aliphatic rings. The normalized spacial score (nSPS) is 11.5. The quantitative estimate of drug-likeness (QED) is 0.360. The van der Waals surface area contributed by atoms with Gasteiger partial charge in [-0.25, -0.2) is 4.79 Å². The molecule has 76 valence electrons. The van der Waals surface area contributed by atoms with E-state index < -0.39 is 0 Å². The smallest absolute Gasteiger partial charge is 0.333 e. The van der Waals surface area contributed by atoms with E-state index in [4.69, 9.17) is 4.74 Å². The number of hydrogen-bond acceptors (Lipinski definition) is 2. The third-order valence-electron chi connectivity index (χ3n) is 1.82. The monoisotopic (exact) mass is 184 g/mol. The zero-order valence-corrected chi connectivity index (χ0v) is 8.93. The highest BCUT2D eigenvalue weighted by Gasteiger charge is 2.06. The molecular weight excluding hydrogens is 164 g/mol. The molecule has 0 spiro atoms. The Bertz CT molecular complexity index is 171. The predicted molar refractivity (Wildman–Crippen MR) is 54.5 cm³/mol. The Morgan fingerprint density at radius 2 is 2.00 bits per heavy atom. The van der Waals surface area contributed by atoms with Crippen LogP contribution in [0, 0.1) is 0 Å². The van der Waals surface area contributed by atoms with Gasteiger partial charge < -0.3 is 4.74 Å². The second kappa shape index (κ2) is 7.84. The Morgan fingerprint density at radius 1 is 1.31 bits per heavy atom. The molecule has 0 fully saturated rings. The minimum atomic E-state index is -0.141. The van der Waals surface area contributed by atoms with Crippen molar-refractivity contribution in [2.45, 2.75) is 46.5 Å². The number of carbonyl (C=O) groups is 1. The number of allylic oxidation sites excluding steroid dienone is 1. The van der Waals surface area contributed by atoms with Gasteiger partial charge in [-0.15, -0.1) is 0 Å². The molecule has 0 rings (SSSR count). The van der Waals surface area contributed by atoms with Crippen LogP contribution in [0.4, 0.5) is 0 Å². The summed E-state index contributed by atoms with van der Waals surface area (Å²) in [5, 5.41) is 0. The summed E-state index contributed by atoms with van der Waals surface area (Å²) in [5.74, 6) is -0.141. The van der Waals surface area contributed by atoms with Gasteiger partial charge in [0.05, 0.1) is 6.61 Å². The van der Waals surface area contributed by atoms with Crippen LogP contribution in [0.3, 0.4) is 0 Å². The van der Waals surface area contributed by atoms with E-state index in [1.807, 2.05) is 19.9 Å². The summed E-state index contributed by atoms with van der Waals surface area (Å²) in [4.78, 5) is 11.3. The number of ether oxygens (including phenoxy) is 1. The van der Waals surface area contributed by atoms with Crippen LogP contribution < -0.4 is 0 Å². The maximum absolute atomic E-state index is 11.3. The van der Waals surface area contributed by atoms with Crippen molar-refractivity contribution in [3.8, 4) is 0 Å². The number of unbranched alkanes of at least 4 members (excludes halogenated alkanes) is 1. The Labute approximate surface area is 81.0 Å². The van der Waals surface area contributed by atoms with E-state index in [0.717, 1.165) is 31.3 Å². The first-order valence-electron chi connectivity index (χ1n) is 5.12. The van der Waals surface area contributed by atoms with Crippen LogP contribution >= 0.6 is 0 Å². The highest BCUT2D eigenvalue weighted by atomic mass is 16.5. The third-order valence-corrected chi connectivity index (χ3v) is 1.82. The molecule has 0 atom stereocenters. The molecule has 0 bridgehead atoms. The topological polar surface area (TPSA) is 26.3 Å². The molecular formula is C11H20O2. The van der Waals surface area contributed by atoms with Crippen molar-refractivity contribution in [3.05, 3.63) is 11.6 Å². The maximum Gasteiger partial charge on any atom is 0.333 e. The summed E-state index contributed by atoms with van der Waals surface area (Å²) >= 11 is 0. The molecule has 2 heteroatoms. The summed E-state index contributed by atoms with van der Waals surface area (Å²) in [6, 6.07) is 0. The van der Waals surface area contributed by atoms with Gasteiger partial charge in [-0.3, -0.25) is 0 Å². The van der Waals surface area contributed by atoms with Crippen LogP contribution in [0.15, 0.2) is 11.6 Å². The fraction of sp³-hybridized carbons (Fsp3) is 0.727. The van der Waals surface area contributed by atoms with Crippen molar-refractivity contribution in [1.82, 2.24) is 0 Å². The molecule has 0 saturated heterocycles. The van der Waals surface area contributed by atoms with Crippen LogP contribution in [0.25, 0.3) is 0 Å². The van der Waals surface area contributed by atoms with Crippen LogP contribution in [0.5, 0.6) is 0 Å². The molecule has 0 radical (unpaired) electrons. The standard InChI is InChI=1S/C11H20O2/c1-4-7-9-13-11(12)10(6-3)8-5-2/h8H,4-7,9H2,1-3H3/b10-8+. The van der Waals surface area contributed by atoms with Gasteiger partial charge in [0.25, 0.3) is 0 Å². The van der Waals surface area contributed by atoms with Gasteiger partial charge in [0.2, 0.25) is 0 Å². The van der Waals surface area contributed by atoms with Crippen molar-refractivity contribution >= 4 is 5.97 Å². The van der Waals surface area contributed by atoms with Crippen molar-refractivity contribution < 1.29 is 9.53 Å². The minimum Gasteiger partial charge on any atom is -0.462 e. The third kappa shape index (κ3) is 5.45. The highest BCUT2D eigenvalue weighted by molar-refractivity contribution is 5.88. The molecule has 2 nitrogen and oxygen atoms in total. The summed E-state index contributed by atoms with van der Waals surface area (Å²) in [5.41, 5.74) is 0.804. The maximum atomic E-state index is 11.3. The predicted octanol–water partition coefficient (Wildman–Crippen LogP) is 3.08. The number of rotatable bonds is 6. The van der Waals surface area contributed by atoms with Crippen molar-refractivity contribution in [3.63, 3.8) is 0 Å². The molecule has 0 unspecified atom stereocenters. The molecule has 0 heterocycles. The first-order valence-corrected chi connectivity index (χ1v) is 5.12. The van der Waals surface area contributed by atoms with Gasteiger partial charge >= 0.3 is 5.97 Å². The van der Waals surface area contributed by atoms with E-state index in [-0.39, 0.29) is 5.97 Å². The Balaban J connectivity index is 3.85. The van der Waals surface area contributed by atoms with Gasteiger partial charge in [0, 0.05) is 5.57 Å². The lowest BCUT2D eigenvalue weighted by Crippen LogP contribution is -2.08. The molecule has 0 aromatic rings. The molecule has 0 saturated carbocycles. The molecule has 0 amide bonds. The molecule has 0 N–H and O–H groups in total. The second-order valence-corrected chi connectivity index (χ2v) is 2.98. The lowest BCUT2D eigenvalue weighted by molar-refractivity contribution is -0.139. The molecule has 13 heavy (non-hydrogen) atoms. The van der Waals surface area contributed by atoms with E-state index in [1.54, 1.807) is 0 Å². The van der Waals surface area contributed by atoms with Crippen LogP contribution in [0.2, 0.25) is 0 Å². The summed E-state index contributed by atoms with van der Waals surface area (Å²) in [7, 11) is 0. The lowest BCUT2D eigenvalue weighted by atomic mass is 10.2. The molecule has 0 aromatic heterocycles. The summed E-state index contributed by atoms with van der Waals surface area (Å²) in [6.45, 7) is 6.63. The number of esters is 1. The zero-order valence-electron chi connectivity index (χ0n) is 8.93. The first kappa shape index (κ1) is 12.2. The van der Waals surface area contributed by atoms with Gasteiger partial charge in [0.1, 0.15) is 0 Å². The van der Waals surface area contributed by atoms with Gasteiger partial charge in [-0.1, -0.05) is 33.3 Å². The van der Waals surface area contributed by atoms with Crippen molar-refractivity contribution in [2.75, 3.05) is 6.61 Å². The minimum absolute atomic E-state index is 0.141. The van der Waals surface area contributed by atoms with Crippen LogP contribution in [-0.4, -0.2) is 12.6 Å². The average molecular weight is 184 g/mol. The molecule has 0 aromatic carbocycles. The Kier molecular flexibility index (Phi) is 7.36. The van der Waals surface area contributed by atoms with Gasteiger partial charge in [-0.2, -0.15) is 0 Å². The van der Waals surface area contributed by atoms with E-state index in [1.165, 1.54) is 0 Å². The van der Waals surface area contributed by atoms with E-state index in [2.05, 4.69) is 6.92 Å². The Morgan fingerprint density at radius 3 is 2.46 bits per heavy atom. The zero-order chi connectivity index (χ0) is 10.1. The fourth-order valence-electron chi connectivity index (χ4n) is 1.02. The SMILES string of the molecule is CC/C=C(\CC)C(=O)OCCCC. The van der Waals surface area contributed by atoms with Gasteiger partial charge in [0.15, 0.2) is 0 Å².